The maximum Gasteiger partial charge on any atom is 0.428 e. The van der Waals surface area contributed by atoms with Gasteiger partial charge in [-0.25, -0.2) is 14.4 Å². The molecule has 128 valence electrons. The van der Waals surface area contributed by atoms with Gasteiger partial charge in [0, 0.05) is 0 Å². The Morgan fingerprint density at radius 3 is 1.78 bits per heavy atom. The molecule has 1 aromatic rings. The molecule has 0 aliphatic carbocycles. The van der Waals surface area contributed by atoms with E-state index in [9.17, 15) is 14.4 Å². The molecule has 1 rings (SSSR count). The lowest BCUT2D eigenvalue weighted by molar-refractivity contribution is 0.0418. The number of carboxylic acids is 1. The molecular weight excluding hydrogens is 308 g/mol. The maximum atomic E-state index is 12.2. The van der Waals surface area contributed by atoms with Crippen LogP contribution in [0.4, 0.5) is 15.6 Å². The molecule has 0 atom stereocenters. The van der Waals surface area contributed by atoms with Crippen LogP contribution in [0.3, 0.4) is 0 Å². The van der Waals surface area contributed by atoms with Gasteiger partial charge in [0.25, 0.3) is 0 Å². The van der Waals surface area contributed by atoms with E-state index in [1.165, 1.54) is 0 Å². The fourth-order valence-corrected chi connectivity index (χ4v) is 1.31. The van der Waals surface area contributed by atoms with Crippen molar-refractivity contribution in [3.05, 3.63) is 12.0 Å². The summed E-state index contributed by atoms with van der Waals surface area (Å²) in [6.07, 6.45) is -1.38. The van der Waals surface area contributed by atoms with Crippen LogP contribution in [0, 0.1) is 0 Å². The number of carbonyl (C=O) groups excluding carboxylic acids is 2. The third-order valence-corrected chi connectivity index (χ3v) is 2.05. The Morgan fingerprint density at radius 2 is 1.48 bits per heavy atom. The van der Waals surface area contributed by atoms with E-state index >= 15 is 0 Å². The highest BCUT2D eigenvalue weighted by atomic mass is 16.6. The number of anilines is 1. The number of ether oxygens (including phenoxy) is 2. The van der Waals surface area contributed by atoms with Gasteiger partial charge in [0.15, 0.2) is 5.69 Å². The molecule has 0 aliphatic rings. The minimum atomic E-state index is -1.37. The van der Waals surface area contributed by atoms with E-state index in [0.717, 1.165) is 6.26 Å². The van der Waals surface area contributed by atoms with E-state index < -0.39 is 41.1 Å². The van der Waals surface area contributed by atoms with E-state index in [0.29, 0.717) is 4.90 Å². The molecule has 1 heterocycles. The number of aromatic nitrogens is 1. The summed E-state index contributed by atoms with van der Waals surface area (Å²) in [6, 6.07) is -0.550. The van der Waals surface area contributed by atoms with Gasteiger partial charge in [-0.2, -0.15) is 4.98 Å². The summed E-state index contributed by atoms with van der Waals surface area (Å²) >= 11 is 0. The minimum absolute atomic E-state index is 0.406. The molecule has 1 N–H and O–H groups in total. The van der Waals surface area contributed by atoms with Gasteiger partial charge >= 0.3 is 24.2 Å². The highest BCUT2D eigenvalue weighted by Gasteiger charge is 2.36. The average Bonchev–Trinajstić information content (AvgIpc) is 2.73. The van der Waals surface area contributed by atoms with Crippen molar-refractivity contribution in [2.24, 2.45) is 0 Å². The fourth-order valence-electron chi connectivity index (χ4n) is 1.31. The van der Waals surface area contributed by atoms with E-state index in [1.54, 1.807) is 41.5 Å². The van der Waals surface area contributed by atoms with Crippen LogP contribution in [0.1, 0.15) is 52.0 Å². The van der Waals surface area contributed by atoms with E-state index in [1.807, 2.05) is 0 Å². The predicted molar refractivity (Wildman–Crippen MR) is 78.4 cm³/mol. The predicted octanol–water partition coefficient (Wildman–Crippen LogP) is 3.05. The third-order valence-electron chi connectivity index (χ3n) is 2.05. The normalized spacial score (nSPS) is 11.7. The molecule has 0 aromatic carbocycles. The Hall–Kier alpha value is -2.58. The van der Waals surface area contributed by atoms with Gasteiger partial charge in [-0.05, 0) is 41.5 Å². The highest BCUT2D eigenvalue weighted by molar-refractivity contribution is 6.08. The smallest absolute Gasteiger partial charge is 0.428 e. The number of carbonyl (C=O) groups is 3. The lowest BCUT2D eigenvalue weighted by Crippen LogP contribution is -2.44. The zero-order chi connectivity index (χ0) is 18.0. The number of aromatic carboxylic acids is 1. The topological polar surface area (TPSA) is 119 Å². The molecule has 0 bridgehead atoms. The quantitative estimate of drug-likeness (QED) is 0.879. The number of carboxylic acid groups (broad SMARTS) is 1. The van der Waals surface area contributed by atoms with Crippen LogP contribution in [0.2, 0.25) is 0 Å². The van der Waals surface area contributed by atoms with Gasteiger partial charge in [0.2, 0.25) is 0 Å². The number of hydrogen-bond acceptors (Lipinski definition) is 7. The van der Waals surface area contributed by atoms with Gasteiger partial charge in [0.1, 0.15) is 17.5 Å². The van der Waals surface area contributed by atoms with E-state index in [2.05, 4.69) is 4.98 Å². The number of oxazole rings is 1. The van der Waals surface area contributed by atoms with Gasteiger partial charge in [-0.3, -0.25) is 0 Å². The minimum Gasteiger partial charge on any atom is -0.476 e. The molecule has 0 unspecified atom stereocenters. The van der Waals surface area contributed by atoms with Crippen molar-refractivity contribution in [3.8, 4) is 0 Å². The number of hydrogen-bond donors (Lipinski definition) is 1. The maximum absolute atomic E-state index is 12.2. The lowest BCUT2D eigenvalue weighted by Gasteiger charge is -2.26. The molecule has 9 nitrogen and oxygen atoms in total. The van der Waals surface area contributed by atoms with Crippen LogP contribution in [-0.2, 0) is 9.47 Å². The third kappa shape index (κ3) is 5.61. The van der Waals surface area contributed by atoms with Gasteiger partial charge in [0.05, 0.1) is 0 Å². The zero-order valence-corrected chi connectivity index (χ0v) is 13.9. The van der Waals surface area contributed by atoms with Crippen molar-refractivity contribution in [1.82, 2.24) is 4.98 Å². The summed E-state index contributed by atoms with van der Waals surface area (Å²) in [5.74, 6) is -1.37. The first-order valence-electron chi connectivity index (χ1n) is 6.75. The Labute approximate surface area is 133 Å². The Bertz CT molecular complexity index is 579. The van der Waals surface area contributed by atoms with Gasteiger partial charge < -0.3 is 19.0 Å². The van der Waals surface area contributed by atoms with Crippen molar-refractivity contribution in [2.75, 3.05) is 4.90 Å². The SMILES string of the molecule is CC(C)(C)OC(=O)N(C(=O)OC(C)(C)C)c1nc(C(=O)O)co1. The van der Waals surface area contributed by atoms with Crippen molar-refractivity contribution in [2.45, 2.75) is 52.7 Å². The van der Waals surface area contributed by atoms with Crippen molar-refractivity contribution in [1.29, 1.82) is 0 Å². The molecular formula is C14H20N2O7. The van der Waals surface area contributed by atoms with Crippen LogP contribution in [0.5, 0.6) is 0 Å². The summed E-state index contributed by atoms with van der Waals surface area (Å²) in [6.45, 7) is 9.65. The van der Waals surface area contributed by atoms with Crippen LogP contribution >= 0.6 is 0 Å². The standard InChI is InChI=1S/C14H20N2O7/c1-13(2,3)22-11(19)16(12(20)23-14(4,5)6)10-15-8(7-21-10)9(17)18/h7H,1-6H3,(H,17,18). The second-order valence-electron chi connectivity index (χ2n) is 6.62. The van der Waals surface area contributed by atoms with Crippen molar-refractivity contribution in [3.63, 3.8) is 0 Å². The van der Waals surface area contributed by atoms with Gasteiger partial charge in [-0.15, -0.1) is 4.90 Å². The van der Waals surface area contributed by atoms with Crippen LogP contribution < -0.4 is 4.90 Å². The summed E-state index contributed by atoms with van der Waals surface area (Å²) < 4.78 is 15.1. The molecule has 0 spiro atoms. The number of amides is 2. The van der Waals surface area contributed by atoms with Crippen LogP contribution in [0.15, 0.2) is 10.7 Å². The second kappa shape index (κ2) is 6.27. The summed E-state index contributed by atoms with van der Waals surface area (Å²) in [4.78, 5) is 39.3. The largest absolute Gasteiger partial charge is 0.476 e. The first-order chi connectivity index (χ1) is 10.3. The summed E-state index contributed by atoms with van der Waals surface area (Å²) in [5.41, 5.74) is -2.24. The molecule has 0 radical (unpaired) electrons. The van der Waals surface area contributed by atoms with E-state index in [-0.39, 0.29) is 0 Å². The fraction of sp³-hybridized carbons (Fsp3) is 0.571. The molecule has 0 saturated heterocycles. The van der Waals surface area contributed by atoms with Gasteiger partial charge in [-0.1, -0.05) is 0 Å². The van der Waals surface area contributed by atoms with Crippen LogP contribution in [-0.4, -0.2) is 39.4 Å². The number of nitrogens with zero attached hydrogens (tertiary/aromatic N) is 2. The summed E-state index contributed by atoms with van der Waals surface area (Å²) in [5, 5.41) is 8.86. The van der Waals surface area contributed by atoms with Crippen molar-refractivity contribution < 1.29 is 33.4 Å². The van der Waals surface area contributed by atoms with Crippen LogP contribution in [0.25, 0.3) is 0 Å². The second-order valence-corrected chi connectivity index (χ2v) is 6.62. The average molecular weight is 328 g/mol. The van der Waals surface area contributed by atoms with E-state index in [4.69, 9.17) is 19.0 Å². The lowest BCUT2D eigenvalue weighted by atomic mass is 10.2. The summed E-state index contributed by atoms with van der Waals surface area (Å²) in [7, 11) is 0. The molecule has 2 amide bonds. The monoisotopic (exact) mass is 328 g/mol. The Morgan fingerprint density at radius 1 is 1.04 bits per heavy atom. The molecule has 0 aliphatic heterocycles. The highest BCUT2D eigenvalue weighted by Crippen LogP contribution is 2.21. The first-order valence-corrected chi connectivity index (χ1v) is 6.75. The molecule has 9 heteroatoms. The number of rotatable bonds is 2. The first kappa shape index (κ1) is 18.5. The molecule has 23 heavy (non-hydrogen) atoms. The zero-order valence-electron chi connectivity index (χ0n) is 13.9. The molecule has 0 fully saturated rings. The molecule has 0 saturated carbocycles. The van der Waals surface area contributed by atoms with Crippen molar-refractivity contribution >= 4 is 24.2 Å². The number of imide groups is 1. The Kier molecular flexibility index (Phi) is 5.03. The molecule has 1 aromatic heterocycles. The Balaban J connectivity index is 3.16.